The van der Waals surface area contributed by atoms with E-state index in [-0.39, 0.29) is 17.6 Å². The Hall–Kier alpha value is -1.88. The van der Waals surface area contributed by atoms with Crippen molar-refractivity contribution in [3.05, 3.63) is 29.3 Å². The second-order valence-electron chi connectivity index (χ2n) is 5.56. The van der Waals surface area contributed by atoms with Gasteiger partial charge in [0.2, 0.25) is 5.91 Å². The summed E-state index contributed by atoms with van der Waals surface area (Å²) in [4.78, 5) is 25.5. The molecular formula is C16H22N2O3. The molecule has 5 heteroatoms. The maximum Gasteiger partial charge on any atom is 0.220 e. The number of benzene rings is 1. The quantitative estimate of drug-likeness (QED) is 0.832. The van der Waals surface area contributed by atoms with Gasteiger partial charge in [-0.1, -0.05) is 0 Å². The minimum atomic E-state index is -0.230. The van der Waals surface area contributed by atoms with Crippen LogP contribution < -0.4 is 10.5 Å². The Morgan fingerprint density at radius 2 is 2.00 bits per heavy atom. The molecule has 5 nitrogen and oxygen atoms in total. The van der Waals surface area contributed by atoms with Gasteiger partial charge >= 0.3 is 0 Å². The van der Waals surface area contributed by atoms with Gasteiger partial charge in [-0.15, -0.1) is 0 Å². The van der Waals surface area contributed by atoms with E-state index in [0.717, 1.165) is 37.2 Å². The van der Waals surface area contributed by atoms with Crippen LogP contribution in [0.2, 0.25) is 0 Å². The molecule has 0 bridgehead atoms. The molecule has 1 saturated heterocycles. The maximum absolute atomic E-state index is 12.3. The molecule has 1 heterocycles. The standard InChI is InChI=1S/C16H22N2O3/c1-11-9-13(3-4-15(11)21-2)14(19)10-18-7-5-12(6-8-18)16(17)20/h3-4,9,12H,5-8,10H2,1-2H3,(H2,17,20). The molecule has 114 valence electrons. The van der Waals surface area contributed by atoms with E-state index in [2.05, 4.69) is 4.90 Å². The molecule has 0 unspecified atom stereocenters. The van der Waals surface area contributed by atoms with Crippen molar-refractivity contribution in [3.63, 3.8) is 0 Å². The third-order valence-electron chi connectivity index (χ3n) is 4.07. The first-order valence-electron chi connectivity index (χ1n) is 7.20. The van der Waals surface area contributed by atoms with E-state index in [1.165, 1.54) is 0 Å². The molecule has 2 rings (SSSR count). The fourth-order valence-corrected chi connectivity index (χ4v) is 2.72. The van der Waals surface area contributed by atoms with Crippen LogP contribution in [-0.4, -0.2) is 43.3 Å². The molecular weight excluding hydrogens is 268 g/mol. The highest BCUT2D eigenvalue weighted by Gasteiger charge is 2.24. The number of carbonyl (C=O) groups excluding carboxylic acids is 2. The molecule has 1 fully saturated rings. The summed E-state index contributed by atoms with van der Waals surface area (Å²) in [5.74, 6) is 0.610. The highest BCUT2D eigenvalue weighted by molar-refractivity contribution is 5.98. The lowest BCUT2D eigenvalue weighted by Crippen LogP contribution is -2.40. The van der Waals surface area contributed by atoms with E-state index in [4.69, 9.17) is 10.5 Å². The van der Waals surface area contributed by atoms with Crippen molar-refractivity contribution in [2.75, 3.05) is 26.7 Å². The number of hydrogen-bond donors (Lipinski definition) is 1. The van der Waals surface area contributed by atoms with Gasteiger partial charge in [0.05, 0.1) is 13.7 Å². The van der Waals surface area contributed by atoms with E-state index in [0.29, 0.717) is 12.1 Å². The van der Waals surface area contributed by atoms with Gasteiger partial charge in [0, 0.05) is 11.5 Å². The van der Waals surface area contributed by atoms with Crippen LogP contribution in [0.1, 0.15) is 28.8 Å². The number of primary amides is 1. The molecule has 0 aromatic heterocycles. The zero-order valence-corrected chi connectivity index (χ0v) is 12.6. The summed E-state index contributed by atoms with van der Waals surface area (Å²) in [5, 5.41) is 0. The Kier molecular flexibility index (Phi) is 4.96. The van der Waals surface area contributed by atoms with Crippen LogP contribution in [0.5, 0.6) is 5.75 Å². The number of nitrogens with two attached hydrogens (primary N) is 1. The summed E-state index contributed by atoms with van der Waals surface area (Å²) in [6.45, 7) is 3.80. The first kappa shape index (κ1) is 15.5. The Morgan fingerprint density at radius 3 is 2.52 bits per heavy atom. The number of rotatable bonds is 5. The highest BCUT2D eigenvalue weighted by atomic mass is 16.5. The van der Waals surface area contributed by atoms with Crippen LogP contribution in [0, 0.1) is 12.8 Å². The molecule has 1 amide bonds. The molecule has 0 saturated carbocycles. The number of ketones is 1. The summed E-state index contributed by atoms with van der Waals surface area (Å²) < 4.78 is 5.20. The van der Waals surface area contributed by atoms with Crippen molar-refractivity contribution >= 4 is 11.7 Å². The predicted octanol–water partition coefficient (Wildman–Crippen LogP) is 1.38. The second-order valence-corrected chi connectivity index (χ2v) is 5.56. The van der Waals surface area contributed by atoms with Gasteiger partial charge < -0.3 is 10.5 Å². The molecule has 2 N–H and O–H groups in total. The Morgan fingerprint density at radius 1 is 1.33 bits per heavy atom. The van der Waals surface area contributed by atoms with E-state index < -0.39 is 0 Å². The number of ether oxygens (including phenoxy) is 1. The number of Topliss-reactive ketones (excluding diaryl/α,β-unsaturated/α-hetero) is 1. The summed E-state index contributed by atoms with van der Waals surface area (Å²) in [6, 6.07) is 5.48. The van der Waals surface area contributed by atoms with Crippen LogP contribution >= 0.6 is 0 Å². The van der Waals surface area contributed by atoms with Crippen molar-refractivity contribution in [2.24, 2.45) is 11.7 Å². The largest absolute Gasteiger partial charge is 0.496 e. The number of aryl methyl sites for hydroxylation is 1. The number of methoxy groups -OCH3 is 1. The fourth-order valence-electron chi connectivity index (χ4n) is 2.72. The van der Waals surface area contributed by atoms with Gasteiger partial charge in [0.25, 0.3) is 0 Å². The summed E-state index contributed by atoms with van der Waals surface area (Å²) in [6.07, 6.45) is 1.48. The van der Waals surface area contributed by atoms with Crippen LogP contribution in [-0.2, 0) is 4.79 Å². The summed E-state index contributed by atoms with van der Waals surface area (Å²) in [7, 11) is 1.62. The molecule has 0 spiro atoms. The second kappa shape index (κ2) is 6.72. The third-order valence-corrected chi connectivity index (χ3v) is 4.07. The van der Waals surface area contributed by atoms with Crippen LogP contribution in [0.15, 0.2) is 18.2 Å². The van der Waals surface area contributed by atoms with Crippen molar-refractivity contribution < 1.29 is 14.3 Å². The SMILES string of the molecule is COc1ccc(C(=O)CN2CCC(C(N)=O)CC2)cc1C. The third kappa shape index (κ3) is 3.82. The van der Waals surface area contributed by atoms with E-state index >= 15 is 0 Å². The van der Waals surface area contributed by atoms with E-state index in [1.54, 1.807) is 13.2 Å². The average Bonchev–Trinajstić information content (AvgIpc) is 2.47. The number of likely N-dealkylation sites (tertiary alicyclic amines) is 1. The number of hydrogen-bond acceptors (Lipinski definition) is 4. The van der Waals surface area contributed by atoms with Gasteiger partial charge in [-0.25, -0.2) is 0 Å². The normalized spacial score (nSPS) is 16.7. The lowest BCUT2D eigenvalue weighted by atomic mass is 9.96. The lowest BCUT2D eigenvalue weighted by Gasteiger charge is -2.29. The molecule has 1 aliphatic heterocycles. The fraction of sp³-hybridized carbons (Fsp3) is 0.500. The zero-order chi connectivity index (χ0) is 15.4. The monoisotopic (exact) mass is 290 g/mol. The first-order chi connectivity index (χ1) is 10.0. The first-order valence-corrected chi connectivity index (χ1v) is 7.20. The molecule has 1 aromatic carbocycles. The van der Waals surface area contributed by atoms with E-state index in [9.17, 15) is 9.59 Å². The van der Waals surface area contributed by atoms with Crippen LogP contribution in [0.4, 0.5) is 0 Å². The number of carbonyl (C=O) groups is 2. The average molecular weight is 290 g/mol. The van der Waals surface area contributed by atoms with Gasteiger partial charge in [-0.3, -0.25) is 14.5 Å². The molecule has 1 aliphatic rings. The Bertz CT molecular complexity index is 534. The minimum absolute atomic E-state index is 0.0421. The topological polar surface area (TPSA) is 72.6 Å². The van der Waals surface area contributed by atoms with Crippen molar-refractivity contribution in [2.45, 2.75) is 19.8 Å². The van der Waals surface area contributed by atoms with Crippen molar-refractivity contribution in [1.29, 1.82) is 0 Å². The van der Waals surface area contributed by atoms with Gasteiger partial charge in [-0.05, 0) is 56.6 Å². The Balaban J connectivity index is 1.93. The minimum Gasteiger partial charge on any atom is -0.496 e. The molecule has 0 radical (unpaired) electrons. The highest BCUT2D eigenvalue weighted by Crippen LogP contribution is 2.20. The van der Waals surface area contributed by atoms with Gasteiger partial charge in [0.1, 0.15) is 5.75 Å². The van der Waals surface area contributed by atoms with Crippen molar-refractivity contribution in [1.82, 2.24) is 4.90 Å². The lowest BCUT2D eigenvalue weighted by molar-refractivity contribution is -0.123. The van der Waals surface area contributed by atoms with E-state index in [1.807, 2.05) is 19.1 Å². The predicted molar refractivity (Wildman–Crippen MR) is 80.4 cm³/mol. The van der Waals surface area contributed by atoms with Crippen LogP contribution in [0.25, 0.3) is 0 Å². The van der Waals surface area contributed by atoms with Crippen LogP contribution in [0.3, 0.4) is 0 Å². The molecule has 1 aromatic rings. The maximum atomic E-state index is 12.3. The molecule has 21 heavy (non-hydrogen) atoms. The zero-order valence-electron chi connectivity index (χ0n) is 12.6. The molecule has 0 atom stereocenters. The van der Waals surface area contributed by atoms with Gasteiger partial charge in [-0.2, -0.15) is 0 Å². The molecule has 0 aliphatic carbocycles. The number of piperidine rings is 1. The summed E-state index contributed by atoms with van der Waals surface area (Å²) in [5.41, 5.74) is 6.97. The smallest absolute Gasteiger partial charge is 0.220 e. The number of amides is 1. The van der Waals surface area contributed by atoms with Crippen molar-refractivity contribution in [3.8, 4) is 5.75 Å². The number of nitrogens with zero attached hydrogens (tertiary/aromatic N) is 1. The Labute approximate surface area is 125 Å². The summed E-state index contributed by atoms with van der Waals surface area (Å²) >= 11 is 0. The van der Waals surface area contributed by atoms with Gasteiger partial charge in [0.15, 0.2) is 5.78 Å².